The molecule has 268 valence electrons. The van der Waals surface area contributed by atoms with Crippen molar-refractivity contribution in [2.45, 2.75) is 143 Å². The first-order valence-corrected chi connectivity index (χ1v) is 19.6. The summed E-state index contributed by atoms with van der Waals surface area (Å²) < 4.78 is 19.8. The van der Waals surface area contributed by atoms with Gasteiger partial charge >= 0.3 is 5.97 Å². The molecule has 0 aromatic heterocycles. The highest BCUT2D eigenvalue weighted by molar-refractivity contribution is 5.76. The van der Waals surface area contributed by atoms with Gasteiger partial charge in [0.2, 0.25) is 5.91 Å². The van der Waals surface area contributed by atoms with E-state index < -0.39 is 5.97 Å². The second-order valence-corrected chi connectivity index (χ2v) is 17.9. The van der Waals surface area contributed by atoms with Crippen molar-refractivity contribution >= 4 is 11.9 Å². The first-order chi connectivity index (χ1) is 22.4. The summed E-state index contributed by atoms with van der Waals surface area (Å²) in [6.45, 7) is 14.3. The molecule has 0 aromatic carbocycles. The Bertz CT molecular complexity index is 1200. The number of rotatable bonds is 8. The number of fused-ring (bicyclic) bond motifs is 4. The number of hydrogen-bond acceptors (Lipinski definition) is 6. The molecular weight excluding hydrogens is 592 g/mol. The molecule has 0 radical (unpaired) electrons. The summed E-state index contributed by atoms with van der Waals surface area (Å²) in [4.78, 5) is 28.0. The number of nitrogens with zero attached hydrogens (tertiary/aromatic N) is 2. The van der Waals surface area contributed by atoms with Crippen LogP contribution in [-0.2, 0) is 23.8 Å². The van der Waals surface area contributed by atoms with Gasteiger partial charge in [-0.25, -0.2) is 0 Å². The van der Waals surface area contributed by atoms with Gasteiger partial charge in [-0.05, 0) is 135 Å². The van der Waals surface area contributed by atoms with Gasteiger partial charge in [-0.3, -0.25) is 14.5 Å². The summed E-state index contributed by atoms with van der Waals surface area (Å²) >= 11 is 0. The Labute approximate surface area is 285 Å². The van der Waals surface area contributed by atoms with Gasteiger partial charge in [0.25, 0.3) is 0 Å². The number of carbonyl (C=O) groups excluding carboxylic acids is 1. The van der Waals surface area contributed by atoms with Gasteiger partial charge in [-0.1, -0.05) is 34.6 Å². The van der Waals surface area contributed by atoms with Crippen LogP contribution in [0.3, 0.4) is 0 Å². The van der Waals surface area contributed by atoms with Gasteiger partial charge in [0, 0.05) is 20.9 Å². The first kappa shape index (κ1) is 34.2. The zero-order chi connectivity index (χ0) is 33.4. The maximum Gasteiger partial charge on any atom is 0.317 e. The minimum Gasteiger partial charge on any atom is -0.480 e. The molecule has 9 unspecified atom stereocenters. The predicted molar refractivity (Wildman–Crippen MR) is 183 cm³/mol. The number of amides is 1. The fourth-order valence-corrected chi connectivity index (χ4v) is 13.1. The van der Waals surface area contributed by atoms with Crippen LogP contribution in [0.1, 0.15) is 120 Å². The average molecular weight is 659 g/mol. The van der Waals surface area contributed by atoms with Crippen LogP contribution in [0.4, 0.5) is 0 Å². The van der Waals surface area contributed by atoms with Crippen molar-refractivity contribution in [2.75, 3.05) is 39.8 Å². The highest BCUT2D eigenvalue weighted by atomic mass is 16.7. The number of aliphatic carboxylic acids is 1. The highest BCUT2D eigenvalue weighted by Crippen LogP contribution is 2.87. The number of ether oxygens (including phenoxy) is 3. The third-order valence-corrected chi connectivity index (χ3v) is 15.4. The molecule has 1 amide bonds. The monoisotopic (exact) mass is 658 g/mol. The molecule has 2 aliphatic heterocycles. The third-order valence-electron chi connectivity index (χ3n) is 15.4. The smallest absolute Gasteiger partial charge is 0.317 e. The lowest BCUT2D eigenvalue weighted by Crippen LogP contribution is -2.56. The molecule has 0 aromatic rings. The predicted octanol–water partition coefficient (Wildman–Crippen LogP) is 6.85. The fraction of sp³-hybridized carbons (Fsp3) is 0.949. The van der Waals surface area contributed by atoms with Crippen molar-refractivity contribution in [3.05, 3.63) is 0 Å². The molecule has 11 atom stereocenters. The number of carbonyl (C=O) groups is 2. The summed E-state index contributed by atoms with van der Waals surface area (Å²) in [5.41, 5.74) is 1.45. The van der Waals surface area contributed by atoms with E-state index >= 15 is 0 Å². The van der Waals surface area contributed by atoms with Gasteiger partial charge in [0.05, 0.1) is 38.0 Å². The first-order valence-electron chi connectivity index (χ1n) is 19.6. The molecule has 2 spiro atoms. The van der Waals surface area contributed by atoms with Crippen LogP contribution >= 0.6 is 0 Å². The molecule has 2 heterocycles. The van der Waals surface area contributed by atoms with E-state index in [9.17, 15) is 14.7 Å². The number of hydrogen-bond donors (Lipinski definition) is 1. The normalized spacial score (nSPS) is 46.1. The molecule has 6 aliphatic carbocycles. The van der Waals surface area contributed by atoms with Crippen molar-refractivity contribution in [1.82, 2.24) is 9.80 Å². The Morgan fingerprint density at radius 1 is 0.957 bits per heavy atom. The highest BCUT2D eigenvalue weighted by Gasteiger charge is 2.80. The van der Waals surface area contributed by atoms with Crippen LogP contribution in [-0.4, -0.2) is 91.2 Å². The van der Waals surface area contributed by atoms with Gasteiger partial charge in [-0.2, -0.15) is 0 Å². The van der Waals surface area contributed by atoms with Gasteiger partial charge in [0.15, 0.2) is 6.29 Å². The lowest BCUT2D eigenvalue weighted by Gasteiger charge is -2.60. The van der Waals surface area contributed by atoms with Crippen LogP contribution in [0.2, 0.25) is 0 Å². The van der Waals surface area contributed by atoms with Gasteiger partial charge < -0.3 is 24.2 Å². The molecule has 8 heteroatoms. The Balaban J connectivity index is 0.00000131. The third kappa shape index (κ3) is 5.71. The van der Waals surface area contributed by atoms with Crippen LogP contribution in [0.5, 0.6) is 0 Å². The summed E-state index contributed by atoms with van der Waals surface area (Å²) in [7, 11) is 1.91. The number of carboxylic acid groups (broad SMARTS) is 1. The molecule has 8 fully saturated rings. The van der Waals surface area contributed by atoms with Gasteiger partial charge in [-0.15, -0.1) is 0 Å². The Morgan fingerprint density at radius 3 is 2.47 bits per heavy atom. The lowest BCUT2D eigenvalue weighted by atomic mass is 9.46. The fourth-order valence-electron chi connectivity index (χ4n) is 13.1. The summed E-state index contributed by atoms with van der Waals surface area (Å²) in [6.07, 6.45) is 16.2. The molecule has 8 rings (SSSR count). The zero-order valence-corrected chi connectivity index (χ0v) is 30.3. The molecule has 0 bridgehead atoms. The number of likely N-dealkylation sites (N-methyl/N-ethyl adjacent to an activating group) is 1. The second-order valence-electron chi connectivity index (χ2n) is 17.9. The molecule has 6 saturated carbocycles. The largest absolute Gasteiger partial charge is 0.480 e. The summed E-state index contributed by atoms with van der Waals surface area (Å²) in [6, 6.07) is 0. The van der Waals surface area contributed by atoms with E-state index in [-0.39, 0.29) is 37.8 Å². The van der Waals surface area contributed by atoms with E-state index in [0.29, 0.717) is 72.8 Å². The molecule has 8 aliphatic rings. The average Bonchev–Trinajstić information content (AvgIpc) is 3.94. The van der Waals surface area contributed by atoms with Crippen LogP contribution < -0.4 is 0 Å². The molecule has 1 N–H and O–H groups in total. The van der Waals surface area contributed by atoms with Crippen molar-refractivity contribution in [2.24, 2.45) is 51.2 Å². The lowest BCUT2D eigenvalue weighted by molar-refractivity contribution is -0.244. The second kappa shape index (κ2) is 12.5. The Morgan fingerprint density at radius 2 is 1.72 bits per heavy atom. The van der Waals surface area contributed by atoms with E-state index in [0.717, 1.165) is 24.7 Å². The van der Waals surface area contributed by atoms with E-state index in [4.69, 9.17) is 14.2 Å². The van der Waals surface area contributed by atoms with Gasteiger partial charge in [0.1, 0.15) is 0 Å². The Kier molecular flexibility index (Phi) is 9.12. The van der Waals surface area contributed by atoms with E-state index in [1.54, 1.807) is 0 Å². The molecule has 8 nitrogen and oxygen atoms in total. The maximum absolute atomic E-state index is 12.8. The van der Waals surface area contributed by atoms with Crippen LogP contribution in [0.15, 0.2) is 0 Å². The summed E-state index contributed by atoms with van der Waals surface area (Å²) in [5.74, 6) is 3.05. The van der Waals surface area contributed by atoms with Crippen molar-refractivity contribution in [3.8, 4) is 0 Å². The minimum atomic E-state index is -0.766. The van der Waals surface area contributed by atoms with Crippen molar-refractivity contribution in [1.29, 1.82) is 0 Å². The van der Waals surface area contributed by atoms with Crippen LogP contribution in [0.25, 0.3) is 0 Å². The molecule has 47 heavy (non-hydrogen) atoms. The van der Waals surface area contributed by atoms with E-state index in [1.807, 2.05) is 30.7 Å². The molecule has 2 saturated heterocycles. The Hall–Kier alpha value is -1.22. The standard InChI is InChI=1S/C37H58N2O6.C2H6.H2/c1-34(2)29-10-9-25-27-18-28-26(8-7-24(44-28)19-38(4)20-32(41)42)35(27,3)13-14-36(25)22-37(29,36)12-11-30(34)45-33-21-39(15-16-43-33)31(40)17-23-5-6-23;1-2;/h23-30,33H,5-22H2,1-4H3,(H,41,42);1-2H3;1H/t24?,25?,26?,27?,28?,29?,30-,33?,35?,36-,37?;;/m0../s1. The SMILES string of the molecule is CC.CN(CC(=O)O)CC1CCC2C(CC3C4CCC5C(C)(C)[C@@H](OC6CN(C(=O)CC7CC7)CCO6)CCC56C[C@@]46CCC23C)O1.[HH]. The van der Waals surface area contributed by atoms with E-state index in [1.165, 1.54) is 64.2 Å². The number of carboxylic acids is 1. The number of morpholine rings is 1. The van der Waals surface area contributed by atoms with Crippen molar-refractivity contribution < 1.29 is 30.3 Å². The zero-order valence-electron chi connectivity index (χ0n) is 30.3. The van der Waals surface area contributed by atoms with Crippen molar-refractivity contribution in [3.63, 3.8) is 0 Å². The summed E-state index contributed by atoms with van der Waals surface area (Å²) in [5, 5.41) is 9.22. The topological polar surface area (TPSA) is 88.5 Å². The minimum absolute atomic E-state index is 0. The maximum atomic E-state index is 12.8. The van der Waals surface area contributed by atoms with Crippen LogP contribution in [0, 0.1) is 51.2 Å². The quantitative estimate of drug-likeness (QED) is 0.305. The van der Waals surface area contributed by atoms with E-state index in [2.05, 4.69) is 20.8 Å². The molecular formula is C39H66N2O6.